The highest BCUT2D eigenvalue weighted by atomic mass is 32.1. The van der Waals surface area contributed by atoms with Crippen molar-refractivity contribution in [2.45, 2.75) is 26.8 Å². The SMILES string of the molecule is CC1=C(C(=O)OCC(C)C)C(c2cccs2)n2c(s/c(=C/c3ccc(F)cc3)c2=O)=N1. The summed E-state index contributed by atoms with van der Waals surface area (Å²) in [6, 6.07) is 9.14. The molecule has 3 heterocycles. The van der Waals surface area contributed by atoms with E-state index in [0.717, 1.165) is 4.88 Å². The Labute approximate surface area is 186 Å². The number of ether oxygens (including phenoxy) is 1. The summed E-state index contributed by atoms with van der Waals surface area (Å²) < 4.78 is 20.8. The van der Waals surface area contributed by atoms with Gasteiger partial charge in [-0.2, -0.15) is 0 Å². The molecule has 1 aromatic carbocycles. The molecule has 1 aliphatic heterocycles. The number of carbonyl (C=O) groups excluding carboxylic acids is 1. The lowest BCUT2D eigenvalue weighted by Crippen LogP contribution is -2.39. The van der Waals surface area contributed by atoms with Crippen molar-refractivity contribution < 1.29 is 13.9 Å². The number of benzene rings is 1. The number of halogens is 1. The van der Waals surface area contributed by atoms with Crippen LogP contribution in [0.15, 0.2) is 62.8 Å². The second-order valence-corrected chi connectivity index (χ2v) is 9.63. The minimum absolute atomic E-state index is 0.196. The van der Waals surface area contributed by atoms with Crippen LogP contribution in [0.2, 0.25) is 0 Å². The van der Waals surface area contributed by atoms with Crippen LogP contribution in [0.1, 0.15) is 37.3 Å². The van der Waals surface area contributed by atoms with Gasteiger partial charge in [0.15, 0.2) is 4.80 Å². The summed E-state index contributed by atoms with van der Waals surface area (Å²) in [7, 11) is 0. The molecule has 1 aliphatic rings. The van der Waals surface area contributed by atoms with E-state index in [9.17, 15) is 14.0 Å². The number of thiazole rings is 1. The van der Waals surface area contributed by atoms with Crippen LogP contribution in [0.25, 0.3) is 6.08 Å². The largest absolute Gasteiger partial charge is 0.462 e. The van der Waals surface area contributed by atoms with Crippen LogP contribution in [0.3, 0.4) is 0 Å². The van der Waals surface area contributed by atoms with Crippen LogP contribution >= 0.6 is 22.7 Å². The van der Waals surface area contributed by atoms with E-state index in [-0.39, 0.29) is 17.3 Å². The van der Waals surface area contributed by atoms with E-state index in [1.807, 2.05) is 31.4 Å². The quantitative estimate of drug-likeness (QED) is 0.551. The number of carbonyl (C=O) groups is 1. The van der Waals surface area contributed by atoms with Gasteiger partial charge >= 0.3 is 5.97 Å². The van der Waals surface area contributed by atoms with Gasteiger partial charge in [0.25, 0.3) is 5.56 Å². The first-order chi connectivity index (χ1) is 14.8. The van der Waals surface area contributed by atoms with Crippen molar-refractivity contribution in [1.29, 1.82) is 0 Å². The number of fused-ring (bicyclic) bond motifs is 1. The van der Waals surface area contributed by atoms with Gasteiger partial charge in [0.2, 0.25) is 0 Å². The molecule has 0 bridgehead atoms. The molecule has 0 saturated heterocycles. The zero-order valence-electron chi connectivity index (χ0n) is 17.3. The van der Waals surface area contributed by atoms with Crippen molar-refractivity contribution in [2.75, 3.05) is 6.61 Å². The summed E-state index contributed by atoms with van der Waals surface area (Å²) in [4.78, 5) is 32.3. The molecule has 0 radical (unpaired) electrons. The number of allylic oxidation sites excluding steroid dienone is 1. The maximum Gasteiger partial charge on any atom is 0.338 e. The van der Waals surface area contributed by atoms with Crippen molar-refractivity contribution in [3.63, 3.8) is 0 Å². The van der Waals surface area contributed by atoms with Gasteiger partial charge in [-0.05, 0) is 48.1 Å². The molecule has 5 nitrogen and oxygen atoms in total. The minimum Gasteiger partial charge on any atom is -0.462 e. The van der Waals surface area contributed by atoms with Gasteiger partial charge in [0.1, 0.15) is 11.9 Å². The van der Waals surface area contributed by atoms with Gasteiger partial charge in [0, 0.05) is 4.88 Å². The van der Waals surface area contributed by atoms with E-state index < -0.39 is 12.0 Å². The van der Waals surface area contributed by atoms with Gasteiger partial charge in [-0.15, -0.1) is 11.3 Å². The molecule has 0 amide bonds. The lowest BCUT2D eigenvalue weighted by atomic mass is 10.0. The zero-order valence-corrected chi connectivity index (χ0v) is 18.9. The van der Waals surface area contributed by atoms with Crippen LogP contribution in [0.4, 0.5) is 4.39 Å². The maximum atomic E-state index is 13.4. The number of nitrogens with zero attached hydrogens (tertiary/aromatic N) is 2. The van der Waals surface area contributed by atoms with E-state index in [0.29, 0.717) is 32.8 Å². The monoisotopic (exact) mass is 456 g/mol. The average Bonchev–Trinajstić information content (AvgIpc) is 3.36. The molecule has 8 heteroatoms. The van der Waals surface area contributed by atoms with Crippen molar-refractivity contribution in [2.24, 2.45) is 10.9 Å². The highest BCUT2D eigenvalue weighted by Crippen LogP contribution is 2.33. The Kier molecular flexibility index (Phi) is 6.02. The molecule has 0 aliphatic carbocycles. The normalized spacial score (nSPS) is 16.4. The Bertz CT molecular complexity index is 1320. The average molecular weight is 457 g/mol. The van der Waals surface area contributed by atoms with Gasteiger partial charge in [-0.3, -0.25) is 9.36 Å². The molecule has 2 aromatic heterocycles. The molecule has 4 rings (SSSR count). The lowest BCUT2D eigenvalue weighted by Gasteiger charge is -2.23. The lowest BCUT2D eigenvalue weighted by molar-refractivity contribution is -0.140. The highest BCUT2D eigenvalue weighted by molar-refractivity contribution is 7.10. The molecule has 1 unspecified atom stereocenters. The molecule has 0 N–H and O–H groups in total. The molecule has 0 saturated carbocycles. The molecule has 0 fully saturated rings. The molecular formula is C23H21FN2O3S2. The van der Waals surface area contributed by atoms with E-state index >= 15 is 0 Å². The predicted octanol–water partition coefficient (Wildman–Crippen LogP) is 3.64. The number of aromatic nitrogens is 1. The molecular weight excluding hydrogens is 435 g/mol. The van der Waals surface area contributed by atoms with E-state index in [4.69, 9.17) is 4.74 Å². The summed E-state index contributed by atoms with van der Waals surface area (Å²) >= 11 is 2.72. The van der Waals surface area contributed by atoms with Crippen molar-refractivity contribution in [3.8, 4) is 0 Å². The summed E-state index contributed by atoms with van der Waals surface area (Å²) in [6.45, 7) is 6.00. The fraction of sp³-hybridized carbons (Fsp3) is 0.261. The first-order valence-corrected chi connectivity index (χ1v) is 11.5. The Morgan fingerprint density at radius 1 is 1.29 bits per heavy atom. The van der Waals surface area contributed by atoms with Crippen LogP contribution in [0.5, 0.6) is 0 Å². The minimum atomic E-state index is -0.591. The van der Waals surface area contributed by atoms with Gasteiger partial charge in [-0.1, -0.05) is 43.4 Å². The third kappa shape index (κ3) is 4.31. The van der Waals surface area contributed by atoms with Gasteiger partial charge < -0.3 is 4.74 Å². The molecule has 1 atom stereocenters. The third-order valence-corrected chi connectivity index (χ3v) is 6.68. The van der Waals surface area contributed by atoms with Crippen molar-refractivity contribution >= 4 is 34.7 Å². The van der Waals surface area contributed by atoms with E-state index in [1.165, 1.54) is 34.8 Å². The van der Waals surface area contributed by atoms with Crippen molar-refractivity contribution in [3.05, 3.63) is 89.0 Å². The van der Waals surface area contributed by atoms with Gasteiger partial charge in [0.05, 0.1) is 22.4 Å². The first kappa shape index (κ1) is 21.4. The van der Waals surface area contributed by atoms with Crippen LogP contribution in [-0.2, 0) is 9.53 Å². The smallest absolute Gasteiger partial charge is 0.338 e. The van der Waals surface area contributed by atoms with Crippen LogP contribution < -0.4 is 14.9 Å². The predicted molar refractivity (Wildman–Crippen MR) is 120 cm³/mol. The number of hydrogen-bond donors (Lipinski definition) is 0. The first-order valence-electron chi connectivity index (χ1n) is 9.84. The Morgan fingerprint density at radius 2 is 2.03 bits per heavy atom. The summed E-state index contributed by atoms with van der Waals surface area (Å²) in [5, 5.41) is 1.91. The Balaban J connectivity index is 1.86. The summed E-state index contributed by atoms with van der Waals surface area (Å²) in [5.74, 6) is -0.598. The van der Waals surface area contributed by atoms with Gasteiger partial charge in [-0.25, -0.2) is 14.2 Å². The molecule has 0 spiro atoms. The maximum absolute atomic E-state index is 13.4. The second kappa shape index (κ2) is 8.72. The molecule has 160 valence electrons. The van der Waals surface area contributed by atoms with Crippen LogP contribution in [-0.4, -0.2) is 17.1 Å². The third-order valence-electron chi connectivity index (χ3n) is 4.77. The number of rotatable bonds is 5. The number of thiophene rings is 1. The fourth-order valence-electron chi connectivity index (χ4n) is 3.33. The standard InChI is InChI=1S/C23H21FN2O3S2/c1-13(2)12-29-22(28)19-14(3)25-23-26(20(19)17-5-4-10-30-17)21(27)18(31-23)11-15-6-8-16(24)9-7-15/h4-11,13,20H,12H2,1-3H3/b18-11+. The van der Waals surface area contributed by atoms with E-state index in [1.54, 1.807) is 29.7 Å². The van der Waals surface area contributed by atoms with Crippen molar-refractivity contribution in [1.82, 2.24) is 4.57 Å². The summed E-state index contributed by atoms with van der Waals surface area (Å²) in [6.07, 6.45) is 1.71. The molecule has 3 aromatic rings. The topological polar surface area (TPSA) is 60.7 Å². The van der Waals surface area contributed by atoms with E-state index in [2.05, 4.69) is 4.99 Å². The fourth-order valence-corrected chi connectivity index (χ4v) is 5.20. The Morgan fingerprint density at radius 3 is 2.68 bits per heavy atom. The second-order valence-electron chi connectivity index (χ2n) is 7.64. The Hall–Kier alpha value is -2.84. The number of hydrogen-bond acceptors (Lipinski definition) is 6. The summed E-state index contributed by atoms with van der Waals surface area (Å²) in [5.41, 5.74) is 1.39. The number of esters is 1. The highest BCUT2D eigenvalue weighted by Gasteiger charge is 2.34. The molecule has 31 heavy (non-hydrogen) atoms. The zero-order chi connectivity index (χ0) is 22.1. The van der Waals surface area contributed by atoms with Crippen LogP contribution in [0, 0.1) is 11.7 Å².